The van der Waals surface area contributed by atoms with Gasteiger partial charge in [0, 0.05) is 18.8 Å². The van der Waals surface area contributed by atoms with E-state index in [0.717, 1.165) is 0 Å². The third-order valence-electron chi connectivity index (χ3n) is 2.29. The number of carbonyl (C=O) groups is 1. The Hall–Kier alpha value is -1.33. The van der Waals surface area contributed by atoms with Crippen LogP contribution in [0.3, 0.4) is 0 Å². The molecule has 0 aromatic carbocycles. The van der Waals surface area contributed by atoms with Crippen molar-refractivity contribution in [2.75, 3.05) is 13.2 Å². The molecule has 2 N–H and O–H groups in total. The highest BCUT2D eigenvalue weighted by molar-refractivity contribution is 6.32. The van der Waals surface area contributed by atoms with Crippen molar-refractivity contribution in [3.8, 4) is 5.88 Å². The molecule has 5 nitrogen and oxygen atoms in total. The fourth-order valence-electron chi connectivity index (χ4n) is 1.37. The van der Waals surface area contributed by atoms with E-state index in [1.807, 2.05) is 13.8 Å². The Morgan fingerprint density at radius 3 is 2.94 bits per heavy atom. The molecular weight excluding hydrogens is 256 g/mol. The number of nitrogens with zero attached hydrogens (tertiary/aromatic N) is 1. The summed E-state index contributed by atoms with van der Waals surface area (Å²) in [6.45, 7) is 4.14. The lowest BCUT2D eigenvalue weighted by atomic mass is 10.2. The summed E-state index contributed by atoms with van der Waals surface area (Å²) in [7, 11) is 0. The van der Waals surface area contributed by atoms with Crippen LogP contribution < -0.4 is 10.1 Å². The van der Waals surface area contributed by atoms with E-state index in [-0.39, 0.29) is 18.6 Å². The SMILES string of the molecule is CCOc1ncc(C(=O)NC(C)CCO)cc1Cl. The standard InChI is InChI=1S/C12H17ClN2O3/c1-3-18-12-10(13)6-9(7-14-12)11(17)15-8(2)4-5-16/h6-8,16H,3-5H2,1-2H3,(H,15,17). The van der Waals surface area contributed by atoms with Gasteiger partial charge in [0.1, 0.15) is 5.02 Å². The molecule has 1 atom stereocenters. The zero-order valence-corrected chi connectivity index (χ0v) is 11.2. The number of aromatic nitrogens is 1. The molecule has 0 saturated heterocycles. The highest BCUT2D eigenvalue weighted by atomic mass is 35.5. The number of hydrogen-bond acceptors (Lipinski definition) is 4. The molecule has 1 aromatic heterocycles. The number of nitrogens with one attached hydrogen (secondary N) is 1. The Bertz CT molecular complexity index is 412. The first kappa shape index (κ1) is 14.7. The minimum Gasteiger partial charge on any atom is -0.477 e. The van der Waals surface area contributed by atoms with Crippen LogP contribution in [0.15, 0.2) is 12.3 Å². The first-order valence-electron chi connectivity index (χ1n) is 5.78. The van der Waals surface area contributed by atoms with E-state index in [2.05, 4.69) is 10.3 Å². The molecule has 0 saturated carbocycles. The first-order chi connectivity index (χ1) is 8.58. The zero-order valence-electron chi connectivity index (χ0n) is 10.4. The van der Waals surface area contributed by atoms with Crippen LogP contribution in [0.25, 0.3) is 0 Å². The molecule has 0 radical (unpaired) electrons. The molecule has 1 aromatic rings. The summed E-state index contributed by atoms with van der Waals surface area (Å²) in [5.41, 5.74) is 0.369. The second kappa shape index (κ2) is 7.18. The molecule has 100 valence electrons. The number of pyridine rings is 1. The second-order valence-electron chi connectivity index (χ2n) is 3.83. The van der Waals surface area contributed by atoms with E-state index >= 15 is 0 Å². The lowest BCUT2D eigenvalue weighted by Crippen LogP contribution is -2.33. The summed E-state index contributed by atoms with van der Waals surface area (Å²) >= 11 is 5.94. The number of amides is 1. The van der Waals surface area contributed by atoms with E-state index in [1.165, 1.54) is 12.3 Å². The van der Waals surface area contributed by atoms with Crippen molar-refractivity contribution in [2.45, 2.75) is 26.3 Å². The number of carbonyl (C=O) groups excluding carboxylic acids is 1. The van der Waals surface area contributed by atoms with Crippen LogP contribution in [0, 0.1) is 0 Å². The van der Waals surface area contributed by atoms with Crippen molar-refractivity contribution in [3.63, 3.8) is 0 Å². The molecule has 1 unspecified atom stereocenters. The molecule has 1 amide bonds. The number of ether oxygens (including phenoxy) is 1. The number of halogens is 1. The van der Waals surface area contributed by atoms with Gasteiger partial charge in [-0.05, 0) is 26.3 Å². The van der Waals surface area contributed by atoms with Crippen molar-refractivity contribution >= 4 is 17.5 Å². The lowest BCUT2D eigenvalue weighted by Gasteiger charge is -2.12. The van der Waals surface area contributed by atoms with Crippen LogP contribution in [-0.2, 0) is 0 Å². The molecule has 0 aliphatic heterocycles. The van der Waals surface area contributed by atoms with Gasteiger partial charge in [0.15, 0.2) is 0 Å². The summed E-state index contributed by atoms with van der Waals surface area (Å²) in [6.07, 6.45) is 1.92. The van der Waals surface area contributed by atoms with E-state index < -0.39 is 0 Å². The summed E-state index contributed by atoms with van der Waals surface area (Å²) in [5, 5.41) is 11.8. The van der Waals surface area contributed by atoms with Crippen LogP contribution in [0.5, 0.6) is 5.88 Å². The van der Waals surface area contributed by atoms with Gasteiger partial charge in [-0.15, -0.1) is 0 Å². The highest BCUT2D eigenvalue weighted by Crippen LogP contribution is 2.22. The lowest BCUT2D eigenvalue weighted by molar-refractivity contribution is 0.0934. The molecule has 0 fully saturated rings. The quantitative estimate of drug-likeness (QED) is 0.826. The maximum absolute atomic E-state index is 11.8. The number of rotatable bonds is 6. The molecule has 1 heterocycles. The monoisotopic (exact) mass is 272 g/mol. The number of aliphatic hydroxyl groups is 1. The van der Waals surface area contributed by atoms with Gasteiger partial charge in [0.2, 0.25) is 5.88 Å². The normalized spacial score (nSPS) is 12.0. The van der Waals surface area contributed by atoms with Gasteiger partial charge >= 0.3 is 0 Å². The van der Waals surface area contributed by atoms with Crippen LogP contribution in [0.4, 0.5) is 0 Å². The fourth-order valence-corrected chi connectivity index (χ4v) is 1.59. The first-order valence-corrected chi connectivity index (χ1v) is 6.16. The summed E-state index contributed by atoms with van der Waals surface area (Å²) in [5.74, 6) is 0.0486. The van der Waals surface area contributed by atoms with Crippen molar-refractivity contribution < 1.29 is 14.6 Å². The summed E-state index contributed by atoms with van der Waals surface area (Å²) < 4.78 is 5.18. The predicted octanol–water partition coefficient (Wildman–Crippen LogP) is 1.63. The van der Waals surface area contributed by atoms with Crippen molar-refractivity contribution in [3.05, 3.63) is 22.8 Å². The van der Waals surface area contributed by atoms with Gasteiger partial charge in [-0.1, -0.05) is 11.6 Å². The Morgan fingerprint density at radius 2 is 2.39 bits per heavy atom. The average Bonchev–Trinajstić information content (AvgIpc) is 2.32. The highest BCUT2D eigenvalue weighted by Gasteiger charge is 2.12. The van der Waals surface area contributed by atoms with Gasteiger partial charge in [0.05, 0.1) is 12.2 Å². The van der Waals surface area contributed by atoms with Crippen molar-refractivity contribution in [1.82, 2.24) is 10.3 Å². The largest absolute Gasteiger partial charge is 0.477 e. The Balaban J connectivity index is 2.72. The Morgan fingerprint density at radius 1 is 1.67 bits per heavy atom. The van der Waals surface area contributed by atoms with E-state index in [0.29, 0.717) is 29.5 Å². The van der Waals surface area contributed by atoms with Crippen LogP contribution in [0.2, 0.25) is 5.02 Å². The van der Waals surface area contributed by atoms with E-state index in [1.54, 1.807) is 0 Å². The Kier molecular flexibility index (Phi) is 5.88. The van der Waals surface area contributed by atoms with Gasteiger partial charge in [-0.2, -0.15) is 0 Å². The van der Waals surface area contributed by atoms with Crippen molar-refractivity contribution in [2.24, 2.45) is 0 Å². The van der Waals surface area contributed by atoms with Gasteiger partial charge in [-0.25, -0.2) is 4.98 Å². The maximum Gasteiger partial charge on any atom is 0.253 e. The van der Waals surface area contributed by atoms with Gasteiger partial charge in [-0.3, -0.25) is 4.79 Å². The van der Waals surface area contributed by atoms with Crippen LogP contribution in [-0.4, -0.2) is 35.3 Å². The van der Waals surface area contributed by atoms with Gasteiger partial charge < -0.3 is 15.2 Å². The van der Waals surface area contributed by atoms with E-state index in [9.17, 15) is 4.79 Å². The molecule has 0 aliphatic carbocycles. The molecule has 0 aliphatic rings. The zero-order chi connectivity index (χ0) is 13.5. The van der Waals surface area contributed by atoms with E-state index in [4.69, 9.17) is 21.4 Å². The van der Waals surface area contributed by atoms with Crippen LogP contribution in [0.1, 0.15) is 30.6 Å². The molecule has 1 rings (SSSR count). The maximum atomic E-state index is 11.8. The molecule has 0 bridgehead atoms. The molecular formula is C12H17ClN2O3. The fraction of sp³-hybridized carbons (Fsp3) is 0.500. The summed E-state index contributed by atoms with van der Waals surface area (Å²) in [4.78, 5) is 15.8. The average molecular weight is 273 g/mol. The minimum absolute atomic E-state index is 0.0315. The molecule has 0 spiro atoms. The summed E-state index contributed by atoms with van der Waals surface area (Å²) in [6, 6.07) is 1.41. The smallest absolute Gasteiger partial charge is 0.253 e. The predicted molar refractivity (Wildman–Crippen MR) is 69.0 cm³/mol. The Labute approximate surface area is 111 Å². The third-order valence-corrected chi connectivity index (χ3v) is 2.56. The topological polar surface area (TPSA) is 71.5 Å². The number of aliphatic hydroxyl groups excluding tert-OH is 1. The third kappa shape index (κ3) is 4.16. The van der Waals surface area contributed by atoms with Crippen LogP contribution >= 0.6 is 11.6 Å². The molecule has 18 heavy (non-hydrogen) atoms. The van der Waals surface area contributed by atoms with Crippen molar-refractivity contribution in [1.29, 1.82) is 0 Å². The molecule has 6 heteroatoms. The second-order valence-corrected chi connectivity index (χ2v) is 4.24. The van der Waals surface area contributed by atoms with Gasteiger partial charge in [0.25, 0.3) is 5.91 Å². The minimum atomic E-state index is -0.270. The number of hydrogen-bond donors (Lipinski definition) is 2.